The molecule has 0 aliphatic heterocycles. The Bertz CT molecular complexity index is 815. The molecule has 0 heterocycles. The number of hydrogen-bond acceptors (Lipinski definition) is 8. The molecule has 10 heteroatoms. The van der Waals surface area contributed by atoms with Gasteiger partial charge in [0.15, 0.2) is 6.10 Å². The van der Waals surface area contributed by atoms with E-state index in [0.29, 0.717) is 0 Å². The molecule has 0 aromatic carbocycles. The smallest absolute Gasteiger partial charge is 0.462 e. The van der Waals surface area contributed by atoms with E-state index in [-0.39, 0.29) is 26.2 Å². The molecule has 51 heavy (non-hydrogen) atoms. The lowest BCUT2D eigenvalue weighted by atomic mass is 10.0. The fraction of sp³-hybridized carbons (Fsp3) is 0.951. The quantitative estimate of drug-likeness (QED) is 0.0356. The zero-order valence-electron chi connectivity index (χ0n) is 33.4. The molecule has 304 valence electrons. The number of unbranched alkanes of at least 4 members (excludes halogenated alkanes) is 30. The molecule has 9 nitrogen and oxygen atoms in total. The summed E-state index contributed by atoms with van der Waals surface area (Å²) >= 11 is 0. The van der Waals surface area contributed by atoms with Gasteiger partial charge in [-0.05, 0) is 6.42 Å². The molecule has 0 amide bonds. The number of phosphoric acid groups is 1. The molecule has 0 fully saturated rings. The standard InChI is InChI=1S/C41H82NO8P/c1-3-4-5-6-7-8-9-10-11-12-13-14-15-16-17-18-19-20-21-22-23-24-25-26-27-28-29-30-31-32-33-34-41(44)47-37-40(50-39(2)43)38-49-51(45,46)48-36-35-42/h40H,3-38,42H2,1-2H3,(H,45,46)/t40-/m1/s1. The van der Waals surface area contributed by atoms with Crippen molar-refractivity contribution in [1.29, 1.82) is 0 Å². The topological polar surface area (TPSA) is 134 Å². The summed E-state index contributed by atoms with van der Waals surface area (Å²) in [6.45, 7) is 2.70. The number of esters is 2. The van der Waals surface area contributed by atoms with Gasteiger partial charge in [0.25, 0.3) is 0 Å². The number of ether oxygens (including phenoxy) is 2. The van der Waals surface area contributed by atoms with Crippen molar-refractivity contribution in [2.75, 3.05) is 26.4 Å². The average Bonchev–Trinajstić information content (AvgIpc) is 3.10. The second-order valence-electron chi connectivity index (χ2n) is 14.7. The van der Waals surface area contributed by atoms with Crippen molar-refractivity contribution >= 4 is 19.8 Å². The lowest BCUT2D eigenvalue weighted by molar-refractivity contribution is -0.159. The Balaban J connectivity index is 3.40. The van der Waals surface area contributed by atoms with Crippen LogP contribution in [0.4, 0.5) is 0 Å². The number of nitrogens with two attached hydrogens (primary N) is 1. The first-order valence-electron chi connectivity index (χ1n) is 21.5. The van der Waals surface area contributed by atoms with Gasteiger partial charge in [0.1, 0.15) is 6.61 Å². The van der Waals surface area contributed by atoms with Gasteiger partial charge in [0, 0.05) is 19.9 Å². The van der Waals surface area contributed by atoms with Gasteiger partial charge in [0.05, 0.1) is 13.2 Å². The molecular weight excluding hydrogens is 665 g/mol. The molecule has 0 aromatic heterocycles. The fourth-order valence-electron chi connectivity index (χ4n) is 6.46. The van der Waals surface area contributed by atoms with Gasteiger partial charge in [0.2, 0.25) is 0 Å². The molecule has 0 spiro atoms. The van der Waals surface area contributed by atoms with Crippen LogP contribution in [0.2, 0.25) is 0 Å². The Kier molecular flexibility index (Phi) is 38.0. The number of rotatable bonds is 41. The molecule has 2 atom stereocenters. The van der Waals surface area contributed by atoms with Gasteiger partial charge < -0.3 is 20.1 Å². The van der Waals surface area contributed by atoms with Crippen molar-refractivity contribution < 1.29 is 37.6 Å². The van der Waals surface area contributed by atoms with E-state index in [4.69, 9.17) is 19.7 Å². The molecule has 0 rings (SSSR count). The summed E-state index contributed by atoms with van der Waals surface area (Å²) in [6, 6.07) is 0. The van der Waals surface area contributed by atoms with E-state index in [9.17, 15) is 19.0 Å². The monoisotopic (exact) mass is 748 g/mol. The van der Waals surface area contributed by atoms with E-state index in [0.717, 1.165) is 19.3 Å². The van der Waals surface area contributed by atoms with E-state index in [2.05, 4.69) is 11.4 Å². The first kappa shape index (κ1) is 50.0. The van der Waals surface area contributed by atoms with Gasteiger partial charge in [-0.15, -0.1) is 0 Å². The van der Waals surface area contributed by atoms with Crippen LogP contribution in [0.1, 0.15) is 219 Å². The predicted octanol–water partition coefficient (Wildman–Crippen LogP) is 12.1. The SMILES string of the molecule is CCCCCCCCCCCCCCCCCCCCCCCCCCCCCCCCCC(=O)OC[C@H](COP(=O)(O)OCCN)OC(C)=O. The second kappa shape index (κ2) is 38.7. The second-order valence-corrected chi connectivity index (χ2v) is 16.1. The third-order valence-electron chi connectivity index (χ3n) is 9.54. The molecule has 0 saturated carbocycles. The molecule has 1 unspecified atom stereocenters. The van der Waals surface area contributed by atoms with E-state index in [1.54, 1.807) is 0 Å². The summed E-state index contributed by atoms with van der Waals surface area (Å²) in [5.74, 6) is -1.01. The summed E-state index contributed by atoms with van der Waals surface area (Å²) in [4.78, 5) is 33.0. The highest BCUT2D eigenvalue weighted by atomic mass is 31.2. The highest BCUT2D eigenvalue weighted by Gasteiger charge is 2.25. The van der Waals surface area contributed by atoms with Crippen LogP contribution in [0.15, 0.2) is 0 Å². The summed E-state index contributed by atoms with van der Waals surface area (Å²) in [5.41, 5.74) is 5.25. The van der Waals surface area contributed by atoms with Crippen LogP contribution in [0.5, 0.6) is 0 Å². The number of hydrogen-bond donors (Lipinski definition) is 2. The first-order valence-corrected chi connectivity index (χ1v) is 22.9. The molecule has 0 saturated heterocycles. The van der Waals surface area contributed by atoms with Crippen LogP contribution in [0, 0.1) is 0 Å². The lowest BCUT2D eigenvalue weighted by Crippen LogP contribution is -2.28. The van der Waals surface area contributed by atoms with Crippen LogP contribution in [-0.4, -0.2) is 49.3 Å². The molecule has 3 N–H and O–H groups in total. The Morgan fingerprint density at radius 3 is 1.20 bits per heavy atom. The molecule has 0 radical (unpaired) electrons. The number of carbonyl (C=O) groups is 2. The van der Waals surface area contributed by atoms with Crippen molar-refractivity contribution in [3.63, 3.8) is 0 Å². The van der Waals surface area contributed by atoms with Crippen LogP contribution < -0.4 is 5.73 Å². The largest absolute Gasteiger partial charge is 0.472 e. The van der Waals surface area contributed by atoms with Gasteiger partial charge in [-0.25, -0.2) is 4.57 Å². The van der Waals surface area contributed by atoms with Gasteiger partial charge in [-0.3, -0.25) is 18.6 Å². The minimum Gasteiger partial charge on any atom is -0.462 e. The first-order chi connectivity index (χ1) is 24.8. The summed E-state index contributed by atoms with van der Waals surface area (Å²) in [5, 5.41) is 0. The zero-order chi connectivity index (χ0) is 37.5. The summed E-state index contributed by atoms with van der Waals surface area (Å²) in [7, 11) is -4.32. The van der Waals surface area contributed by atoms with Crippen LogP contribution in [0.25, 0.3) is 0 Å². The summed E-state index contributed by atoms with van der Waals surface area (Å²) in [6.07, 6.45) is 41.4. The van der Waals surface area contributed by atoms with Crippen LogP contribution in [-0.2, 0) is 32.7 Å². The minimum atomic E-state index is -4.32. The summed E-state index contributed by atoms with van der Waals surface area (Å²) < 4.78 is 31.4. The molecular formula is C41H82NO8P. The van der Waals surface area contributed by atoms with E-state index in [1.165, 1.54) is 187 Å². The average molecular weight is 748 g/mol. The number of carbonyl (C=O) groups excluding carboxylic acids is 2. The third kappa shape index (κ3) is 40.0. The molecule has 0 bridgehead atoms. The molecule has 0 aliphatic carbocycles. The van der Waals surface area contributed by atoms with E-state index in [1.807, 2.05) is 0 Å². The highest BCUT2D eigenvalue weighted by molar-refractivity contribution is 7.47. The fourth-order valence-corrected chi connectivity index (χ4v) is 7.23. The van der Waals surface area contributed by atoms with Crippen molar-refractivity contribution in [3.05, 3.63) is 0 Å². The number of phosphoric ester groups is 1. The Hall–Kier alpha value is -0.990. The van der Waals surface area contributed by atoms with Crippen molar-refractivity contribution in [3.8, 4) is 0 Å². The molecule has 0 aliphatic rings. The molecule has 0 aromatic rings. The maximum absolute atomic E-state index is 12.1. The van der Waals surface area contributed by atoms with Gasteiger partial charge in [-0.2, -0.15) is 0 Å². The van der Waals surface area contributed by atoms with Crippen molar-refractivity contribution in [2.45, 2.75) is 225 Å². The minimum absolute atomic E-state index is 0.0542. The lowest BCUT2D eigenvalue weighted by Gasteiger charge is -2.19. The van der Waals surface area contributed by atoms with E-state index < -0.39 is 32.5 Å². The van der Waals surface area contributed by atoms with Crippen LogP contribution >= 0.6 is 7.82 Å². The third-order valence-corrected chi connectivity index (χ3v) is 10.5. The maximum Gasteiger partial charge on any atom is 0.472 e. The Morgan fingerprint density at radius 2 is 0.882 bits per heavy atom. The van der Waals surface area contributed by atoms with Gasteiger partial charge >= 0.3 is 19.8 Å². The normalized spacial score (nSPS) is 13.3. The highest BCUT2D eigenvalue weighted by Crippen LogP contribution is 2.43. The van der Waals surface area contributed by atoms with Crippen molar-refractivity contribution in [2.24, 2.45) is 5.73 Å². The van der Waals surface area contributed by atoms with Crippen molar-refractivity contribution in [1.82, 2.24) is 0 Å². The zero-order valence-corrected chi connectivity index (χ0v) is 34.3. The predicted molar refractivity (Wildman–Crippen MR) is 211 cm³/mol. The van der Waals surface area contributed by atoms with E-state index >= 15 is 0 Å². The van der Waals surface area contributed by atoms with Gasteiger partial charge in [-0.1, -0.05) is 200 Å². The maximum atomic E-state index is 12.1. The Morgan fingerprint density at radius 1 is 0.549 bits per heavy atom. The van der Waals surface area contributed by atoms with Crippen LogP contribution in [0.3, 0.4) is 0 Å². The Labute approximate surface area is 314 Å².